The average molecular weight is 761 g/mol. The highest BCUT2D eigenvalue weighted by atomic mass is 16.6. The summed E-state index contributed by atoms with van der Waals surface area (Å²) in [5.74, 6) is -5.27. The maximum atomic E-state index is 14.2. The van der Waals surface area contributed by atoms with Crippen LogP contribution in [0.3, 0.4) is 0 Å². The summed E-state index contributed by atoms with van der Waals surface area (Å²) in [5, 5.41) is 0. The maximum absolute atomic E-state index is 14.2. The molecule has 2 fully saturated rings. The van der Waals surface area contributed by atoms with E-state index < -0.39 is 83.9 Å². The molecule has 8 atom stereocenters. The first-order valence-electron chi connectivity index (χ1n) is 18.1. The van der Waals surface area contributed by atoms with E-state index in [1.165, 1.54) is 28.4 Å². The number of hydrogen-bond donors (Lipinski definition) is 0. The third kappa shape index (κ3) is 4.74. The van der Waals surface area contributed by atoms with Gasteiger partial charge >= 0.3 is 36.1 Å². The Morgan fingerprint density at radius 2 is 0.714 bits per heavy atom. The van der Waals surface area contributed by atoms with Crippen LogP contribution in [0.1, 0.15) is 57.5 Å². The van der Waals surface area contributed by atoms with Crippen molar-refractivity contribution < 1.29 is 57.2 Å². The third-order valence-corrected chi connectivity index (χ3v) is 12.3. The highest BCUT2D eigenvalue weighted by Gasteiger charge is 2.71. The van der Waals surface area contributed by atoms with Crippen molar-refractivity contribution in [3.63, 3.8) is 0 Å². The van der Waals surface area contributed by atoms with Gasteiger partial charge in [-0.1, -0.05) is 72.8 Å². The minimum absolute atomic E-state index is 0.00915. The normalized spacial score (nSPS) is 26.6. The van der Waals surface area contributed by atoms with Crippen molar-refractivity contribution in [1.29, 1.82) is 0 Å². The van der Waals surface area contributed by atoms with E-state index in [1.807, 2.05) is 72.8 Å². The van der Waals surface area contributed by atoms with Gasteiger partial charge in [-0.25, -0.2) is 28.8 Å². The van der Waals surface area contributed by atoms with Gasteiger partial charge in [0.05, 0.1) is 74.9 Å². The number of amides is 2. The lowest BCUT2D eigenvalue weighted by atomic mass is 9.57. The van der Waals surface area contributed by atoms with Crippen LogP contribution in [-0.4, -0.2) is 74.3 Å². The molecule has 6 aliphatic rings. The Morgan fingerprint density at radius 1 is 0.446 bits per heavy atom. The SMILES string of the molecule is COC(=O)C1=C(C(=O)OC)[C@H]2[C@@H]1[C@@H]1c3cc4c(cc3[C@H]2N1C(=O)OCc1ccccc1)[C@H]1[C@@H]2C(C(=O)OC)=C(C(=O)OC)[C@@H]2[C@@H]4N1C(=O)OCc1ccccc1. The van der Waals surface area contributed by atoms with Crippen molar-refractivity contribution in [2.45, 2.75) is 37.4 Å². The van der Waals surface area contributed by atoms with Gasteiger partial charge in [-0.2, -0.15) is 0 Å². The molecule has 2 saturated heterocycles. The van der Waals surface area contributed by atoms with E-state index in [4.69, 9.17) is 28.4 Å². The first-order chi connectivity index (χ1) is 27.2. The minimum atomic E-state index is -0.743. The van der Waals surface area contributed by atoms with Gasteiger partial charge in [0, 0.05) is 23.7 Å². The summed E-state index contributed by atoms with van der Waals surface area (Å²) in [6.45, 7) is -0.0183. The number of rotatable bonds is 8. The quantitative estimate of drug-likeness (QED) is 0.224. The number of benzene rings is 3. The van der Waals surface area contributed by atoms with Crippen molar-refractivity contribution in [3.05, 3.63) is 128 Å². The molecule has 0 aromatic heterocycles. The molecular weight excluding hydrogens is 724 g/mol. The van der Waals surface area contributed by atoms with Crippen molar-refractivity contribution in [2.75, 3.05) is 28.4 Å². The fourth-order valence-corrected chi connectivity index (χ4v) is 10.2. The van der Waals surface area contributed by atoms with Gasteiger partial charge in [-0.05, 0) is 33.4 Å². The molecule has 2 amide bonds. The fraction of sp³-hybridized carbons (Fsp3) is 0.333. The molecule has 9 rings (SSSR count). The second-order valence-corrected chi connectivity index (χ2v) is 14.5. The largest absolute Gasteiger partial charge is 0.466 e. The van der Waals surface area contributed by atoms with Gasteiger partial charge < -0.3 is 28.4 Å². The summed E-state index contributed by atoms with van der Waals surface area (Å²) >= 11 is 0. The predicted octanol–water partition coefficient (Wildman–Crippen LogP) is 4.96. The summed E-state index contributed by atoms with van der Waals surface area (Å²) in [5.41, 5.74) is 4.90. The molecule has 4 aliphatic heterocycles. The number of ether oxygens (including phenoxy) is 6. The highest BCUT2D eigenvalue weighted by Crippen LogP contribution is 2.73. The lowest BCUT2D eigenvalue weighted by molar-refractivity contribution is -0.142. The Morgan fingerprint density at radius 3 is 0.964 bits per heavy atom. The molecule has 4 bridgehead atoms. The second-order valence-electron chi connectivity index (χ2n) is 14.5. The number of carbonyl (C=O) groups excluding carboxylic acids is 6. The third-order valence-electron chi connectivity index (χ3n) is 12.3. The number of hydrogen-bond acceptors (Lipinski definition) is 12. The maximum Gasteiger partial charge on any atom is 0.411 e. The number of fused-ring (bicyclic) bond motifs is 16. The molecular formula is C42H36N2O12. The highest BCUT2D eigenvalue weighted by molar-refractivity contribution is 6.06. The van der Waals surface area contributed by atoms with Crippen molar-refractivity contribution in [1.82, 2.24) is 9.80 Å². The van der Waals surface area contributed by atoms with E-state index in [-0.39, 0.29) is 35.5 Å². The zero-order chi connectivity index (χ0) is 39.2. The number of esters is 4. The molecule has 3 aromatic carbocycles. The topological polar surface area (TPSA) is 164 Å². The lowest BCUT2D eigenvalue weighted by Gasteiger charge is -2.43. The Bertz CT molecular complexity index is 2040. The van der Waals surface area contributed by atoms with Crippen molar-refractivity contribution in [2.24, 2.45) is 23.7 Å². The van der Waals surface area contributed by atoms with Gasteiger partial charge in [-0.3, -0.25) is 9.80 Å². The molecule has 286 valence electrons. The van der Waals surface area contributed by atoms with Crippen LogP contribution in [0.15, 0.2) is 95.1 Å². The fourth-order valence-electron chi connectivity index (χ4n) is 10.2. The van der Waals surface area contributed by atoms with Gasteiger partial charge in [-0.15, -0.1) is 0 Å². The first-order valence-corrected chi connectivity index (χ1v) is 18.1. The zero-order valence-corrected chi connectivity index (χ0v) is 30.8. The Balaban J connectivity index is 1.15. The van der Waals surface area contributed by atoms with Crippen LogP contribution in [0.2, 0.25) is 0 Å². The molecule has 0 radical (unpaired) electrons. The van der Waals surface area contributed by atoms with Crippen LogP contribution in [-0.2, 0) is 60.8 Å². The monoisotopic (exact) mass is 760 g/mol. The molecule has 14 heteroatoms. The predicted molar refractivity (Wildman–Crippen MR) is 190 cm³/mol. The van der Waals surface area contributed by atoms with E-state index in [0.29, 0.717) is 22.3 Å². The molecule has 2 aliphatic carbocycles. The summed E-state index contributed by atoms with van der Waals surface area (Å²) in [4.78, 5) is 84.6. The van der Waals surface area contributed by atoms with Crippen LogP contribution in [0.25, 0.3) is 0 Å². The van der Waals surface area contributed by atoms with Gasteiger partial charge in [0.2, 0.25) is 0 Å². The Kier molecular flexibility index (Phi) is 8.25. The summed E-state index contributed by atoms with van der Waals surface area (Å²) in [6, 6.07) is 19.3. The molecule has 56 heavy (non-hydrogen) atoms. The smallest absolute Gasteiger partial charge is 0.411 e. The van der Waals surface area contributed by atoms with Crippen LogP contribution < -0.4 is 0 Å². The van der Waals surface area contributed by atoms with Gasteiger partial charge in [0.15, 0.2) is 0 Å². The molecule has 14 nitrogen and oxygen atoms in total. The average Bonchev–Trinajstić information content (AvgIpc) is 3.87. The number of methoxy groups -OCH3 is 4. The first kappa shape index (κ1) is 35.3. The van der Waals surface area contributed by atoms with Crippen molar-refractivity contribution >= 4 is 36.1 Å². The molecule has 0 spiro atoms. The van der Waals surface area contributed by atoms with Crippen LogP contribution >= 0.6 is 0 Å². The Hall–Kier alpha value is -6.44. The standard InChI is InChI=1S/C42H36N2O12/c1-51-37(45)29-25-26(30(29)38(46)52-2)34-22-16-24-23(15-21(22)33(25)43(34)41(49)55-17-19-11-7-5-8-12-19)35-27-28(32(40(48)54-4)31(27)39(47)53-3)36(24)44(35)42(50)56-18-20-13-9-6-10-14-20/h5-16,25-28,33-36H,17-18H2,1-4H3/t25-,26+,27+,28-,33-,34+,35+,36-. The van der Waals surface area contributed by atoms with E-state index >= 15 is 0 Å². The Labute approximate surface area is 320 Å². The van der Waals surface area contributed by atoms with Crippen LogP contribution in [0.4, 0.5) is 9.59 Å². The van der Waals surface area contributed by atoms with Crippen molar-refractivity contribution in [3.8, 4) is 0 Å². The van der Waals surface area contributed by atoms with E-state index in [2.05, 4.69) is 0 Å². The molecule has 0 N–H and O–H groups in total. The second kappa shape index (κ2) is 13.1. The summed E-state index contributed by atoms with van der Waals surface area (Å²) < 4.78 is 32.2. The lowest BCUT2D eigenvalue weighted by Crippen LogP contribution is -2.43. The van der Waals surface area contributed by atoms with Gasteiger partial charge in [0.25, 0.3) is 0 Å². The minimum Gasteiger partial charge on any atom is -0.466 e. The van der Waals surface area contributed by atoms with Crippen LogP contribution in [0.5, 0.6) is 0 Å². The van der Waals surface area contributed by atoms with E-state index in [0.717, 1.165) is 11.1 Å². The summed E-state index contributed by atoms with van der Waals surface area (Å²) in [7, 11) is 4.90. The van der Waals surface area contributed by atoms with Gasteiger partial charge in [0.1, 0.15) is 13.2 Å². The zero-order valence-electron chi connectivity index (χ0n) is 30.8. The molecule has 0 saturated carbocycles. The summed E-state index contributed by atoms with van der Waals surface area (Å²) in [6.07, 6.45) is -1.28. The molecule has 0 unspecified atom stereocenters. The molecule has 4 heterocycles. The van der Waals surface area contributed by atoms with E-state index in [1.54, 1.807) is 9.80 Å². The van der Waals surface area contributed by atoms with E-state index in [9.17, 15) is 28.8 Å². The van der Waals surface area contributed by atoms with Crippen LogP contribution in [0, 0.1) is 23.7 Å². The number of carbonyl (C=O) groups is 6. The molecule has 3 aromatic rings. The number of nitrogens with zero attached hydrogens (tertiary/aromatic N) is 2.